The van der Waals surface area contributed by atoms with Crippen molar-refractivity contribution in [1.82, 2.24) is 9.55 Å². The van der Waals surface area contributed by atoms with E-state index in [4.69, 9.17) is 14.5 Å². The normalized spacial score (nSPS) is 16.9. The molecule has 48 heavy (non-hydrogen) atoms. The molecule has 10 heteroatoms. The number of unbranched alkanes of at least 4 members (excludes halogenated alkanes) is 3. The van der Waals surface area contributed by atoms with Crippen LogP contribution in [0.3, 0.4) is 0 Å². The Labute approximate surface area is 283 Å². The molecular formula is C38H47FN4O5. The van der Waals surface area contributed by atoms with Crippen LogP contribution in [0.5, 0.6) is 0 Å². The molecule has 0 radical (unpaired) electrons. The smallest absolute Gasteiger partial charge is 0.335 e. The highest BCUT2D eigenvalue weighted by Gasteiger charge is 2.27. The first-order valence-corrected chi connectivity index (χ1v) is 16.7. The minimum atomic E-state index is -1.03. The molecule has 0 saturated carbocycles. The third-order valence-electron chi connectivity index (χ3n) is 8.92. The van der Waals surface area contributed by atoms with E-state index in [0.717, 1.165) is 74.1 Å². The Hall–Kier alpha value is -4.46. The number of amides is 1. The van der Waals surface area contributed by atoms with Crippen LogP contribution in [0, 0.1) is 12.8 Å². The number of nitrogens with zero attached hydrogens (tertiary/aromatic N) is 4. The second kappa shape index (κ2) is 17.6. The summed E-state index contributed by atoms with van der Waals surface area (Å²) >= 11 is 0. The molecule has 1 N–H and O–H groups in total. The Balaban J connectivity index is 0.00000255. The number of aromatic carboxylic acids is 1. The van der Waals surface area contributed by atoms with Crippen LogP contribution in [0.2, 0.25) is 0 Å². The van der Waals surface area contributed by atoms with Crippen LogP contribution < -0.4 is 9.80 Å². The van der Waals surface area contributed by atoms with E-state index < -0.39 is 11.8 Å². The van der Waals surface area contributed by atoms with Crippen molar-refractivity contribution >= 4 is 39.9 Å². The SMILES string of the molecule is C#C.C/C=C(\C(F)=C/COCc1cc(N2CCCC2=O)ccc1N1CCC(OC)C1)c1nc2cc(C(=O)O)ccc2n1CCCCCC. The molecule has 2 aliphatic rings. The molecule has 2 fully saturated rings. The van der Waals surface area contributed by atoms with E-state index in [0.29, 0.717) is 36.4 Å². The fraction of sp³-hybridized carbons (Fsp3) is 0.447. The third-order valence-corrected chi connectivity index (χ3v) is 8.92. The molecule has 0 aliphatic carbocycles. The number of rotatable bonds is 15. The van der Waals surface area contributed by atoms with E-state index in [1.54, 1.807) is 38.3 Å². The fourth-order valence-electron chi connectivity index (χ4n) is 6.40. The van der Waals surface area contributed by atoms with Gasteiger partial charge in [0.25, 0.3) is 0 Å². The second-order valence-corrected chi connectivity index (χ2v) is 12.0. The van der Waals surface area contributed by atoms with Crippen LogP contribution in [0.15, 0.2) is 54.4 Å². The molecule has 0 spiro atoms. The van der Waals surface area contributed by atoms with Gasteiger partial charge < -0.3 is 28.9 Å². The van der Waals surface area contributed by atoms with Crippen molar-refractivity contribution in [3.63, 3.8) is 0 Å². The summed E-state index contributed by atoms with van der Waals surface area (Å²) in [7, 11) is 1.73. The number of carboxylic acids is 1. The van der Waals surface area contributed by atoms with Crippen LogP contribution in [0.25, 0.3) is 16.6 Å². The number of imidazole rings is 1. The topological polar surface area (TPSA) is 97.1 Å². The van der Waals surface area contributed by atoms with E-state index in [1.165, 1.54) is 6.08 Å². The number of methoxy groups -OCH3 is 1. The highest BCUT2D eigenvalue weighted by atomic mass is 19.1. The number of fused-ring (bicyclic) bond motifs is 1. The van der Waals surface area contributed by atoms with Gasteiger partial charge in [-0.2, -0.15) is 0 Å². The summed E-state index contributed by atoms with van der Waals surface area (Å²) < 4.78 is 29.5. The Morgan fingerprint density at radius 3 is 2.62 bits per heavy atom. The number of halogens is 1. The summed E-state index contributed by atoms with van der Waals surface area (Å²) in [6, 6.07) is 10.9. The van der Waals surface area contributed by atoms with Gasteiger partial charge in [0.1, 0.15) is 11.7 Å². The van der Waals surface area contributed by atoms with Crippen LogP contribution >= 0.6 is 0 Å². The van der Waals surface area contributed by atoms with Crippen molar-refractivity contribution in [3.8, 4) is 12.8 Å². The van der Waals surface area contributed by atoms with Gasteiger partial charge in [0, 0.05) is 62.2 Å². The first kappa shape index (κ1) is 36.4. The Morgan fingerprint density at radius 2 is 1.96 bits per heavy atom. The summed E-state index contributed by atoms with van der Waals surface area (Å²) in [6.45, 7) is 7.21. The number of terminal acetylenes is 1. The zero-order valence-corrected chi connectivity index (χ0v) is 28.3. The number of carboxylic acid groups (broad SMARTS) is 1. The molecule has 9 nitrogen and oxygen atoms in total. The summed E-state index contributed by atoms with van der Waals surface area (Å²) in [5.74, 6) is -0.887. The summed E-state index contributed by atoms with van der Waals surface area (Å²) in [5.41, 5.74) is 4.62. The Morgan fingerprint density at radius 1 is 1.15 bits per heavy atom. The van der Waals surface area contributed by atoms with Gasteiger partial charge in [0.15, 0.2) is 0 Å². The molecule has 1 unspecified atom stereocenters. The van der Waals surface area contributed by atoms with E-state index in [1.807, 2.05) is 27.7 Å². The molecule has 2 saturated heterocycles. The first-order valence-electron chi connectivity index (χ1n) is 16.7. The lowest BCUT2D eigenvalue weighted by Crippen LogP contribution is -2.26. The molecule has 1 atom stereocenters. The quantitative estimate of drug-likeness (QED) is 0.103. The lowest BCUT2D eigenvalue weighted by Gasteiger charge is -2.24. The van der Waals surface area contributed by atoms with Gasteiger partial charge in [-0.15, -0.1) is 12.8 Å². The molecule has 256 valence electrons. The minimum Gasteiger partial charge on any atom is -0.478 e. The average Bonchev–Trinajstić information content (AvgIpc) is 3.85. The number of aromatic nitrogens is 2. The number of benzene rings is 2. The highest BCUT2D eigenvalue weighted by molar-refractivity contribution is 5.96. The molecule has 2 aromatic carbocycles. The molecule has 3 heterocycles. The number of ether oxygens (including phenoxy) is 2. The standard InChI is InChI=1S/C36H45FN4O5.C2H2/c1-4-6-7-8-17-41-33-13-11-25(36(43)44)22-31(33)38-35(41)29(5-2)30(37)16-20-46-24-26-21-27(40-18-9-10-34(40)42)12-14-32(26)39-19-15-28(23-39)45-3;1-2/h5,11-14,16,21-22,28H,4,6-10,15,17-20,23-24H2,1-3H3,(H,43,44);1-2H/b29-5+,30-16+;. The van der Waals surface area contributed by atoms with Gasteiger partial charge in [0.2, 0.25) is 5.91 Å². The molecular weight excluding hydrogens is 611 g/mol. The lowest BCUT2D eigenvalue weighted by molar-refractivity contribution is -0.117. The van der Waals surface area contributed by atoms with Crippen LogP contribution in [0.4, 0.5) is 15.8 Å². The monoisotopic (exact) mass is 658 g/mol. The third kappa shape index (κ3) is 8.52. The van der Waals surface area contributed by atoms with E-state index in [-0.39, 0.29) is 30.8 Å². The van der Waals surface area contributed by atoms with Gasteiger partial charge >= 0.3 is 5.97 Å². The first-order chi connectivity index (χ1) is 23.3. The Bertz CT molecular complexity index is 1660. The maximum Gasteiger partial charge on any atom is 0.335 e. The van der Waals surface area contributed by atoms with Gasteiger partial charge in [-0.3, -0.25) is 4.79 Å². The minimum absolute atomic E-state index is 0.0378. The van der Waals surface area contributed by atoms with Crippen molar-refractivity contribution in [2.45, 2.75) is 78.0 Å². The predicted octanol–water partition coefficient (Wildman–Crippen LogP) is 7.39. The highest BCUT2D eigenvalue weighted by Crippen LogP contribution is 2.32. The molecule has 5 rings (SSSR count). The molecule has 3 aromatic rings. The molecule has 2 aliphatic heterocycles. The van der Waals surface area contributed by atoms with Crippen LogP contribution in [-0.2, 0) is 27.4 Å². The van der Waals surface area contributed by atoms with Crippen molar-refractivity contribution in [1.29, 1.82) is 0 Å². The predicted molar refractivity (Wildman–Crippen MR) is 189 cm³/mol. The van der Waals surface area contributed by atoms with Gasteiger partial charge in [-0.05, 0) is 68.7 Å². The number of anilines is 2. The second-order valence-electron chi connectivity index (χ2n) is 12.0. The average molecular weight is 659 g/mol. The van der Waals surface area contributed by atoms with E-state index in [9.17, 15) is 14.7 Å². The number of allylic oxidation sites excluding steroid dienone is 3. The largest absolute Gasteiger partial charge is 0.478 e. The number of hydrogen-bond acceptors (Lipinski definition) is 6. The number of aryl methyl sites for hydroxylation is 1. The van der Waals surface area contributed by atoms with E-state index in [2.05, 4.69) is 24.7 Å². The summed E-state index contributed by atoms with van der Waals surface area (Å²) in [5, 5.41) is 9.50. The molecule has 0 bridgehead atoms. The van der Waals surface area contributed by atoms with Crippen molar-refractivity contribution < 1.29 is 28.6 Å². The Kier molecular flexibility index (Phi) is 13.4. The number of carbonyl (C=O) groups excluding carboxylic acids is 1. The summed E-state index contributed by atoms with van der Waals surface area (Å²) in [4.78, 5) is 32.8. The fourth-order valence-corrected chi connectivity index (χ4v) is 6.40. The van der Waals surface area contributed by atoms with Gasteiger partial charge in [0.05, 0.1) is 35.9 Å². The maximum absolute atomic E-state index is 15.9. The molecule has 1 amide bonds. The zero-order valence-electron chi connectivity index (χ0n) is 28.3. The van der Waals surface area contributed by atoms with Crippen LogP contribution in [0.1, 0.15) is 80.5 Å². The maximum atomic E-state index is 15.9. The number of carbonyl (C=O) groups is 2. The molecule has 1 aromatic heterocycles. The zero-order chi connectivity index (χ0) is 34.6. The van der Waals surface area contributed by atoms with Crippen LogP contribution in [-0.4, -0.2) is 66.0 Å². The van der Waals surface area contributed by atoms with Gasteiger partial charge in [-0.1, -0.05) is 32.3 Å². The van der Waals surface area contributed by atoms with E-state index >= 15 is 4.39 Å². The lowest BCUT2D eigenvalue weighted by atomic mass is 10.1. The van der Waals surface area contributed by atoms with Crippen molar-refractivity contribution in [2.24, 2.45) is 0 Å². The van der Waals surface area contributed by atoms with Gasteiger partial charge in [-0.25, -0.2) is 14.2 Å². The number of hydrogen-bond donors (Lipinski definition) is 1. The van der Waals surface area contributed by atoms with Crippen molar-refractivity contribution in [3.05, 3.63) is 71.3 Å². The van der Waals surface area contributed by atoms with Crippen molar-refractivity contribution in [2.75, 3.05) is 43.2 Å². The summed E-state index contributed by atoms with van der Waals surface area (Å²) in [6.07, 6.45) is 17.8.